The quantitative estimate of drug-likeness (QED) is 0.691. The Balaban J connectivity index is 2.34. The molecule has 0 aliphatic heterocycles. The van der Waals surface area contributed by atoms with Gasteiger partial charge in [0.25, 0.3) is 0 Å². The van der Waals surface area contributed by atoms with E-state index in [9.17, 15) is 0 Å². The summed E-state index contributed by atoms with van der Waals surface area (Å²) in [5, 5.41) is 0. The average molecular weight is 165 g/mol. The zero-order valence-electron chi connectivity index (χ0n) is 7.63. The molecule has 1 heterocycles. The molecule has 2 rings (SSSR count). The lowest BCUT2D eigenvalue weighted by Gasteiger charge is -2.13. The van der Waals surface area contributed by atoms with Crippen molar-refractivity contribution in [2.45, 2.75) is 38.6 Å². The van der Waals surface area contributed by atoms with E-state index in [1.165, 1.54) is 5.56 Å². The van der Waals surface area contributed by atoms with Gasteiger partial charge in [0, 0.05) is 18.4 Å². The largest absolute Gasteiger partial charge is 0.466 e. The van der Waals surface area contributed by atoms with Crippen LogP contribution in [0.4, 0.5) is 0 Å². The van der Waals surface area contributed by atoms with Gasteiger partial charge < -0.3 is 10.2 Å². The Morgan fingerprint density at radius 2 is 2.42 bits per heavy atom. The first-order valence-corrected chi connectivity index (χ1v) is 4.53. The van der Waals surface area contributed by atoms with E-state index in [0.717, 1.165) is 24.4 Å². The van der Waals surface area contributed by atoms with E-state index in [-0.39, 0.29) is 6.04 Å². The maximum absolute atomic E-state index is 5.88. The van der Waals surface area contributed by atoms with Crippen LogP contribution in [0.5, 0.6) is 0 Å². The molecule has 0 radical (unpaired) electrons. The fourth-order valence-electron chi connectivity index (χ4n) is 2.08. The molecule has 2 atom stereocenters. The van der Waals surface area contributed by atoms with Crippen molar-refractivity contribution in [3.63, 3.8) is 0 Å². The highest BCUT2D eigenvalue weighted by atomic mass is 16.3. The molecule has 2 unspecified atom stereocenters. The third-order valence-electron chi connectivity index (χ3n) is 2.68. The summed E-state index contributed by atoms with van der Waals surface area (Å²) in [6, 6.07) is 2.39. The van der Waals surface area contributed by atoms with Gasteiger partial charge in [-0.05, 0) is 31.9 Å². The number of hydrogen-bond donors (Lipinski definition) is 1. The maximum Gasteiger partial charge on any atom is 0.107 e. The normalized spacial score (nSPS) is 24.1. The molecule has 0 spiro atoms. The molecule has 2 N–H and O–H groups in total. The molecule has 0 amide bonds. The third-order valence-corrected chi connectivity index (χ3v) is 2.68. The second kappa shape index (κ2) is 2.63. The number of furan rings is 1. The van der Waals surface area contributed by atoms with E-state index in [4.69, 9.17) is 10.2 Å². The van der Waals surface area contributed by atoms with Crippen LogP contribution >= 0.6 is 0 Å². The number of aryl methyl sites for hydroxylation is 2. The monoisotopic (exact) mass is 165 g/mol. The average Bonchev–Trinajstić information content (AvgIpc) is 2.43. The van der Waals surface area contributed by atoms with Crippen LogP contribution in [-0.4, -0.2) is 6.04 Å². The van der Waals surface area contributed by atoms with E-state index in [2.05, 4.69) is 13.0 Å². The van der Waals surface area contributed by atoms with Crippen LogP contribution in [0.1, 0.15) is 36.3 Å². The minimum Gasteiger partial charge on any atom is -0.466 e. The van der Waals surface area contributed by atoms with Gasteiger partial charge in [0.2, 0.25) is 0 Å². The molecule has 2 nitrogen and oxygen atoms in total. The maximum atomic E-state index is 5.88. The van der Waals surface area contributed by atoms with Crippen molar-refractivity contribution in [3.8, 4) is 0 Å². The molecule has 0 saturated heterocycles. The zero-order chi connectivity index (χ0) is 8.72. The molecular weight excluding hydrogens is 150 g/mol. The lowest BCUT2D eigenvalue weighted by Crippen LogP contribution is -2.22. The summed E-state index contributed by atoms with van der Waals surface area (Å²) >= 11 is 0. The molecule has 1 aliphatic carbocycles. The highest BCUT2D eigenvalue weighted by molar-refractivity contribution is 5.31. The minimum absolute atomic E-state index is 0.253. The van der Waals surface area contributed by atoms with Crippen LogP contribution in [0.2, 0.25) is 0 Å². The fourth-order valence-corrected chi connectivity index (χ4v) is 2.08. The molecule has 1 aliphatic rings. The van der Waals surface area contributed by atoms with E-state index in [0.29, 0.717) is 5.92 Å². The molecule has 66 valence electrons. The minimum atomic E-state index is 0.253. The van der Waals surface area contributed by atoms with Crippen LogP contribution in [0.3, 0.4) is 0 Å². The van der Waals surface area contributed by atoms with Gasteiger partial charge in [-0.15, -0.1) is 0 Å². The Morgan fingerprint density at radius 3 is 3.08 bits per heavy atom. The Kier molecular flexibility index (Phi) is 1.72. The molecule has 1 aromatic heterocycles. The molecule has 1 aromatic rings. The van der Waals surface area contributed by atoms with Gasteiger partial charge in [-0.25, -0.2) is 0 Å². The summed E-state index contributed by atoms with van der Waals surface area (Å²) in [7, 11) is 0. The Labute approximate surface area is 72.7 Å². The second-order valence-electron chi connectivity index (χ2n) is 3.74. The van der Waals surface area contributed by atoms with Crippen molar-refractivity contribution in [1.82, 2.24) is 0 Å². The van der Waals surface area contributed by atoms with Crippen molar-refractivity contribution in [3.05, 3.63) is 23.2 Å². The fraction of sp³-hybridized carbons (Fsp3) is 0.600. The first-order valence-electron chi connectivity index (χ1n) is 4.53. The van der Waals surface area contributed by atoms with Crippen LogP contribution in [-0.2, 0) is 6.42 Å². The smallest absolute Gasteiger partial charge is 0.107 e. The van der Waals surface area contributed by atoms with Crippen LogP contribution in [0.15, 0.2) is 10.5 Å². The standard InChI is InChI=1S/C10H15NO/c1-6-5-9-8(7(2)11)3-4-10(9)12-6/h5,7-8H,3-4,11H2,1-2H3. The molecule has 2 heteroatoms. The summed E-state index contributed by atoms with van der Waals surface area (Å²) in [6.45, 7) is 4.07. The van der Waals surface area contributed by atoms with Crippen molar-refractivity contribution in [1.29, 1.82) is 0 Å². The van der Waals surface area contributed by atoms with Gasteiger partial charge >= 0.3 is 0 Å². The Morgan fingerprint density at radius 1 is 1.67 bits per heavy atom. The summed E-state index contributed by atoms with van der Waals surface area (Å²) < 4.78 is 5.55. The number of fused-ring (bicyclic) bond motifs is 1. The Hall–Kier alpha value is -0.760. The number of nitrogens with two attached hydrogens (primary N) is 1. The highest BCUT2D eigenvalue weighted by Gasteiger charge is 2.28. The highest BCUT2D eigenvalue weighted by Crippen LogP contribution is 2.36. The molecule has 12 heavy (non-hydrogen) atoms. The molecular formula is C10H15NO. The van der Waals surface area contributed by atoms with Crippen LogP contribution in [0.25, 0.3) is 0 Å². The SMILES string of the molecule is Cc1cc2c(o1)CCC2C(C)N. The number of hydrogen-bond acceptors (Lipinski definition) is 2. The van der Waals surface area contributed by atoms with Crippen molar-refractivity contribution < 1.29 is 4.42 Å². The van der Waals surface area contributed by atoms with E-state index >= 15 is 0 Å². The van der Waals surface area contributed by atoms with Gasteiger partial charge in [0.05, 0.1) is 0 Å². The Bertz CT molecular complexity index is 288. The number of rotatable bonds is 1. The third kappa shape index (κ3) is 1.07. The molecule has 0 saturated carbocycles. The van der Waals surface area contributed by atoms with E-state index in [1.54, 1.807) is 0 Å². The topological polar surface area (TPSA) is 39.2 Å². The zero-order valence-corrected chi connectivity index (χ0v) is 7.63. The molecule has 0 bridgehead atoms. The molecule has 0 aromatic carbocycles. The molecule has 0 fully saturated rings. The van der Waals surface area contributed by atoms with Crippen molar-refractivity contribution in [2.75, 3.05) is 0 Å². The van der Waals surface area contributed by atoms with Crippen molar-refractivity contribution >= 4 is 0 Å². The van der Waals surface area contributed by atoms with Gasteiger partial charge in [-0.2, -0.15) is 0 Å². The van der Waals surface area contributed by atoms with Gasteiger partial charge in [-0.1, -0.05) is 0 Å². The summed E-state index contributed by atoms with van der Waals surface area (Å²) in [4.78, 5) is 0. The summed E-state index contributed by atoms with van der Waals surface area (Å²) in [5.74, 6) is 2.71. The van der Waals surface area contributed by atoms with Gasteiger partial charge in [0.15, 0.2) is 0 Å². The van der Waals surface area contributed by atoms with E-state index in [1.807, 2.05) is 6.92 Å². The first-order chi connectivity index (χ1) is 5.68. The summed E-state index contributed by atoms with van der Waals surface area (Å²) in [5.41, 5.74) is 7.23. The summed E-state index contributed by atoms with van der Waals surface area (Å²) in [6.07, 6.45) is 2.22. The second-order valence-corrected chi connectivity index (χ2v) is 3.74. The predicted molar refractivity (Wildman–Crippen MR) is 48.2 cm³/mol. The predicted octanol–water partition coefficient (Wildman–Crippen LogP) is 1.97. The first kappa shape index (κ1) is 7.87. The van der Waals surface area contributed by atoms with Gasteiger partial charge in [-0.3, -0.25) is 0 Å². The van der Waals surface area contributed by atoms with Crippen molar-refractivity contribution in [2.24, 2.45) is 5.73 Å². The van der Waals surface area contributed by atoms with E-state index < -0.39 is 0 Å². The lowest BCUT2D eigenvalue weighted by molar-refractivity contribution is 0.484. The van der Waals surface area contributed by atoms with Crippen LogP contribution < -0.4 is 5.73 Å². The van der Waals surface area contributed by atoms with Gasteiger partial charge in [0.1, 0.15) is 11.5 Å². The van der Waals surface area contributed by atoms with Crippen LogP contribution in [0, 0.1) is 6.92 Å². The lowest BCUT2D eigenvalue weighted by atomic mass is 9.96.